The summed E-state index contributed by atoms with van der Waals surface area (Å²) in [5, 5.41) is 4.91. The lowest BCUT2D eigenvalue weighted by molar-refractivity contribution is 0.416. The van der Waals surface area contributed by atoms with Crippen molar-refractivity contribution in [2.24, 2.45) is 0 Å². The zero-order valence-corrected chi connectivity index (χ0v) is 15.2. The van der Waals surface area contributed by atoms with Crippen LogP contribution in [0.1, 0.15) is 23.6 Å². The molecule has 0 bridgehead atoms. The van der Waals surface area contributed by atoms with Crippen LogP contribution in [0, 0.1) is 6.92 Å². The van der Waals surface area contributed by atoms with Crippen molar-refractivity contribution in [3.63, 3.8) is 0 Å². The molecule has 0 aliphatic carbocycles. The first kappa shape index (κ1) is 17.4. The highest BCUT2D eigenvalue weighted by Crippen LogP contribution is 2.31. The van der Waals surface area contributed by atoms with E-state index in [9.17, 15) is 4.79 Å². The Balaban J connectivity index is 1.96. The third-order valence-corrected chi connectivity index (χ3v) is 4.66. The monoisotopic (exact) mass is 357 g/mol. The van der Waals surface area contributed by atoms with E-state index in [0.29, 0.717) is 22.9 Å². The number of methoxy groups -OCH3 is 1. The van der Waals surface area contributed by atoms with Crippen LogP contribution in [0.15, 0.2) is 45.6 Å². The summed E-state index contributed by atoms with van der Waals surface area (Å²) in [5.41, 5.74) is 4.06. The van der Waals surface area contributed by atoms with Crippen LogP contribution in [0.2, 0.25) is 5.02 Å². The lowest BCUT2D eigenvalue weighted by atomic mass is 10.1. The number of rotatable bonds is 5. The van der Waals surface area contributed by atoms with E-state index < -0.39 is 0 Å². The highest BCUT2D eigenvalue weighted by atomic mass is 35.5. The van der Waals surface area contributed by atoms with E-state index in [1.165, 1.54) is 6.07 Å². The van der Waals surface area contributed by atoms with Crippen LogP contribution in [-0.4, -0.2) is 7.11 Å². The number of benzene rings is 2. The van der Waals surface area contributed by atoms with E-state index in [1.807, 2.05) is 25.1 Å². The second kappa shape index (κ2) is 7.19. The minimum Gasteiger partial charge on any atom is -0.495 e. The molecule has 0 spiro atoms. The third kappa shape index (κ3) is 3.64. The molecule has 0 saturated heterocycles. The maximum Gasteiger partial charge on any atom is 0.336 e. The van der Waals surface area contributed by atoms with E-state index >= 15 is 0 Å². The Hall–Kier alpha value is -2.46. The van der Waals surface area contributed by atoms with E-state index in [4.69, 9.17) is 20.8 Å². The summed E-state index contributed by atoms with van der Waals surface area (Å²) < 4.78 is 10.7. The molecule has 3 rings (SSSR count). The van der Waals surface area contributed by atoms with Crippen molar-refractivity contribution in [1.82, 2.24) is 0 Å². The fourth-order valence-electron chi connectivity index (χ4n) is 2.80. The Morgan fingerprint density at radius 3 is 2.72 bits per heavy atom. The topological polar surface area (TPSA) is 51.5 Å². The Morgan fingerprint density at radius 1 is 1.20 bits per heavy atom. The van der Waals surface area contributed by atoms with E-state index in [-0.39, 0.29) is 5.63 Å². The quantitative estimate of drug-likeness (QED) is 0.657. The predicted molar refractivity (Wildman–Crippen MR) is 102 cm³/mol. The van der Waals surface area contributed by atoms with Crippen LogP contribution < -0.4 is 15.7 Å². The molecule has 0 saturated carbocycles. The maximum atomic E-state index is 11.9. The van der Waals surface area contributed by atoms with Gasteiger partial charge in [0.05, 0.1) is 12.8 Å². The second-order valence-corrected chi connectivity index (χ2v) is 6.34. The SMILES string of the molecule is CCc1ccc2c(CNc3cc(C)c(Cl)cc3OC)cc(=O)oc2c1. The average molecular weight is 358 g/mol. The van der Waals surface area contributed by atoms with Gasteiger partial charge in [-0.25, -0.2) is 4.79 Å². The highest BCUT2D eigenvalue weighted by molar-refractivity contribution is 6.31. The smallest absolute Gasteiger partial charge is 0.336 e. The van der Waals surface area contributed by atoms with Crippen molar-refractivity contribution < 1.29 is 9.15 Å². The van der Waals surface area contributed by atoms with Crippen LogP contribution in [0.3, 0.4) is 0 Å². The first-order valence-electron chi connectivity index (χ1n) is 8.15. The summed E-state index contributed by atoms with van der Waals surface area (Å²) >= 11 is 6.15. The molecule has 5 heteroatoms. The highest BCUT2D eigenvalue weighted by Gasteiger charge is 2.10. The number of hydrogen-bond donors (Lipinski definition) is 1. The fourth-order valence-corrected chi connectivity index (χ4v) is 2.95. The number of anilines is 1. The molecule has 3 aromatic rings. The zero-order valence-electron chi connectivity index (χ0n) is 14.5. The van der Waals surface area contributed by atoms with Crippen molar-refractivity contribution in [3.05, 3.63) is 68.5 Å². The summed E-state index contributed by atoms with van der Waals surface area (Å²) in [5.74, 6) is 0.663. The van der Waals surface area contributed by atoms with Crippen LogP contribution >= 0.6 is 11.6 Å². The van der Waals surface area contributed by atoms with Crippen molar-refractivity contribution >= 4 is 28.3 Å². The van der Waals surface area contributed by atoms with Crippen molar-refractivity contribution in [2.75, 3.05) is 12.4 Å². The second-order valence-electron chi connectivity index (χ2n) is 5.93. The summed E-state index contributed by atoms with van der Waals surface area (Å²) in [6, 6.07) is 11.2. The molecule has 25 heavy (non-hydrogen) atoms. The molecule has 0 fully saturated rings. The zero-order chi connectivity index (χ0) is 18.0. The van der Waals surface area contributed by atoms with Crippen molar-refractivity contribution in [1.29, 1.82) is 0 Å². The molecule has 1 heterocycles. The summed E-state index contributed by atoms with van der Waals surface area (Å²) in [7, 11) is 1.60. The standard InChI is InChI=1S/C20H20ClNO3/c1-4-13-5-6-15-14(9-20(23)25-18(15)8-13)11-22-17-7-12(2)16(21)10-19(17)24-3/h5-10,22H,4,11H2,1-3H3. The van der Waals surface area contributed by atoms with Gasteiger partial charge in [-0.1, -0.05) is 30.7 Å². The summed E-state index contributed by atoms with van der Waals surface area (Å²) in [4.78, 5) is 11.9. The number of fused-ring (bicyclic) bond motifs is 1. The van der Waals surface area contributed by atoms with Gasteiger partial charge in [-0.3, -0.25) is 0 Å². The van der Waals surface area contributed by atoms with Crippen LogP contribution in [-0.2, 0) is 13.0 Å². The van der Waals surface area contributed by atoms with Crippen molar-refractivity contribution in [2.45, 2.75) is 26.8 Å². The van der Waals surface area contributed by atoms with Crippen LogP contribution in [0.4, 0.5) is 5.69 Å². The maximum absolute atomic E-state index is 11.9. The number of hydrogen-bond acceptors (Lipinski definition) is 4. The molecule has 0 radical (unpaired) electrons. The Morgan fingerprint density at radius 2 is 2.00 bits per heavy atom. The molecule has 0 atom stereocenters. The molecule has 1 aromatic heterocycles. The molecular formula is C20H20ClNO3. The van der Waals surface area contributed by atoms with Crippen LogP contribution in [0.5, 0.6) is 5.75 Å². The van der Waals surface area contributed by atoms with Gasteiger partial charge in [0.1, 0.15) is 11.3 Å². The minimum atomic E-state index is -0.350. The van der Waals surface area contributed by atoms with Gasteiger partial charge in [-0.05, 0) is 42.2 Å². The van der Waals surface area contributed by atoms with E-state index in [1.54, 1.807) is 13.2 Å². The largest absolute Gasteiger partial charge is 0.495 e. The average Bonchev–Trinajstić information content (AvgIpc) is 2.61. The summed E-state index contributed by atoms with van der Waals surface area (Å²) in [6.45, 7) is 4.48. The molecule has 4 nitrogen and oxygen atoms in total. The Kier molecular flexibility index (Phi) is 5.00. The van der Waals surface area contributed by atoms with Gasteiger partial charge in [-0.15, -0.1) is 0 Å². The molecule has 0 aliphatic rings. The molecule has 0 unspecified atom stereocenters. The number of ether oxygens (including phenoxy) is 1. The molecule has 1 N–H and O–H groups in total. The summed E-state index contributed by atoms with van der Waals surface area (Å²) in [6.07, 6.45) is 0.892. The molecule has 130 valence electrons. The lowest BCUT2D eigenvalue weighted by Crippen LogP contribution is -2.07. The minimum absolute atomic E-state index is 0.350. The first-order chi connectivity index (χ1) is 12.0. The number of nitrogens with one attached hydrogen (secondary N) is 1. The van der Waals surface area contributed by atoms with Gasteiger partial charge in [0.2, 0.25) is 0 Å². The van der Waals surface area contributed by atoms with E-state index in [0.717, 1.165) is 34.2 Å². The Bertz CT molecular complexity index is 979. The van der Waals surface area contributed by atoms with Gasteiger partial charge in [-0.2, -0.15) is 0 Å². The van der Waals surface area contributed by atoms with Gasteiger partial charge >= 0.3 is 5.63 Å². The van der Waals surface area contributed by atoms with Gasteiger partial charge in [0.25, 0.3) is 0 Å². The molecule has 2 aromatic carbocycles. The number of halogens is 1. The fraction of sp³-hybridized carbons (Fsp3) is 0.250. The Labute approximate surface area is 151 Å². The van der Waals surface area contributed by atoms with Crippen LogP contribution in [0.25, 0.3) is 11.0 Å². The molecule has 0 amide bonds. The first-order valence-corrected chi connectivity index (χ1v) is 8.53. The third-order valence-electron chi connectivity index (χ3n) is 4.25. The molecular weight excluding hydrogens is 338 g/mol. The molecule has 0 aliphatic heterocycles. The van der Waals surface area contributed by atoms with Gasteiger partial charge in [0.15, 0.2) is 0 Å². The normalized spacial score (nSPS) is 10.9. The van der Waals surface area contributed by atoms with Crippen molar-refractivity contribution in [3.8, 4) is 5.75 Å². The van der Waals surface area contributed by atoms with Gasteiger partial charge in [0, 0.05) is 29.1 Å². The predicted octanol–water partition coefficient (Wildman–Crippen LogP) is 4.94. The van der Waals surface area contributed by atoms with E-state index in [2.05, 4.69) is 18.3 Å². The number of aryl methyl sites for hydroxylation is 2. The lowest BCUT2D eigenvalue weighted by Gasteiger charge is -2.14. The van der Waals surface area contributed by atoms with Gasteiger partial charge < -0.3 is 14.5 Å².